The summed E-state index contributed by atoms with van der Waals surface area (Å²) in [5.74, 6) is 4.70. The van der Waals surface area contributed by atoms with Crippen LogP contribution in [0.25, 0.3) is 0 Å². The Morgan fingerprint density at radius 3 is 2.71 bits per heavy atom. The first-order valence-electron chi connectivity index (χ1n) is 6.01. The minimum absolute atomic E-state index is 0.0176. The SMILES string of the molecule is Fc1cc(C#CCCl)cc(OCc2cccc(Cl)c2F)c1. The monoisotopic (exact) mass is 326 g/mol. The summed E-state index contributed by atoms with van der Waals surface area (Å²) in [5.41, 5.74) is 0.734. The molecule has 0 aromatic heterocycles. The molecular formula is C16H10Cl2F2O. The van der Waals surface area contributed by atoms with Crippen LogP contribution in [0.1, 0.15) is 11.1 Å². The maximum Gasteiger partial charge on any atom is 0.148 e. The Labute approximate surface area is 131 Å². The fourth-order valence-electron chi connectivity index (χ4n) is 1.67. The van der Waals surface area contributed by atoms with E-state index in [0.717, 1.165) is 0 Å². The third kappa shape index (κ3) is 4.35. The van der Waals surface area contributed by atoms with Crippen molar-refractivity contribution in [3.63, 3.8) is 0 Å². The van der Waals surface area contributed by atoms with Gasteiger partial charge in [-0.15, -0.1) is 11.6 Å². The van der Waals surface area contributed by atoms with E-state index in [1.165, 1.54) is 18.2 Å². The van der Waals surface area contributed by atoms with Gasteiger partial charge >= 0.3 is 0 Å². The van der Waals surface area contributed by atoms with Crippen LogP contribution in [-0.4, -0.2) is 5.88 Å². The van der Waals surface area contributed by atoms with Crippen molar-refractivity contribution in [1.82, 2.24) is 0 Å². The van der Waals surface area contributed by atoms with Crippen LogP contribution >= 0.6 is 23.2 Å². The normalized spacial score (nSPS) is 9.90. The Morgan fingerprint density at radius 2 is 1.95 bits per heavy atom. The van der Waals surface area contributed by atoms with E-state index in [1.807, 2.05) is 0 Å². The lowest BCUT2D eigenvalue weighted by molar-refractivity contribution is 0.298. The van der Waals surface area contributed by atoms with Gasteiger partial charge in [0.25, 0.3) is 0 Å². The van der Waals surface area contributed by atoms with Crippen LogP contribution in [0.4, 0.5) is 8.78 Å². The summed E-state index contributed by atoms with van der Waals surface area (Å²) in [6, 6.07) is 8.65. The third-order valence-corrected chi connectivity index (χ3v) is 3.02. The first kappa shape index (κ1) is 15.6. The van der Waals surface area contributed by atoms with Crippen LogP contribution in [0.5, 0.6) is 5.75 Å². The lowest BCUT2D eigenvalue weighted by Gasteiger charge is -2.08. The van der Waals surface area contributed by atoms with Gasteiger partial charge in [-0.1, -0.05) is 35.6 Å². The highest BCUT2D eigenvalue weighted by Gasteiger charge is 2.07. The molecular weight excluding hydrogens is 317 g/mol. The Kier molecular flexibility index (Phi) is 5.44. The molecule has 1 nitrogen and oxygen atoms in total. The second-order valence-electron chi connectivity index (χ2n) is 4.11. The van der Waals surface area contributed by atoms with Crippen molar-refractivity contribution >= 4 is 23.2 Å². The molecule has 0 aliphatic rings. The van der Waals surface area contributed by atoms with E-state index < -0.39 is 11.6 Å². The molecule has 0 fully saturated rings. The minimum Gasteiger partial charge on any atom is -0.489 e. The molecule has 0 saturated heterocycles. The molecule has 0 saturated carbocycles. The largest absolute Gasteiger partial charge is 0.489 e. The molecule has 108 valence electrons. The molecule has 5 heteroatoms. The van der Waals surface area contributed by atoms with Crippen LogP contribution in [0, 0.1) is 23.5 Å². The van der Waals surface area contributed by atoms with E-state index in [1.54, 1.807) is 18.2 Å². The number of hydrogen-bond acceptors (Lipinski definition) is 1. The van der Waals surface area contributed by atoms with Gasteiger partial charge in [-0.25, -0.2) is 8.78 Å². The van der Waals surface area contributed by atoms with Crippen molar-refractivity contribution in [2.45, 2.75) is 6.61 Å². The van der Waals surface area contributed by atoms with E-state index >= 15 is 0 Å². The molecule has 2 aromatic rings. The summed E-state index contributed by atoms with van der Waals surface area (Å²) < 4.78 is 32.5. The molecule has 0 N–H and O–H groups in total. The number of benzene rings is 2. The van der Waals surface area contributed by atoms with Crippen LogP contribution in [0.2, 0.25) is 5.02 Å². The van der Waals surface area contributed by atoms with Crippen LogP contribution in [-0.2, 0) is 6.61 Å². The van der Waals surface area contributed by atoms with Gasteiger partial charge in [-0.05, 0) is 18.2 Å². The molecule has 0 radical (unpaired) electrons. The van der Waals surface area contributed by atoms with Gasteiger partial charge in [0.1, 0.15) is 24.0 Å². The molecule has 21 heavy (non-hydrogen) atoms. The fourth-order valence-corrected chi connectivity index (χ4v) is 1.94. The molecule has 0 atom stereocenters. The highest BCUT2D eigenvalue weighted by Crippen LogP contribution is 2.21. The standard InChI is InChI=1S/C16H10Cl2F2O/c17-6-2-3-11-7-13(19)9-14(8-11)21-10-12-4-1-5-15(18)16(12)20/h1,4-5,7-9H,6,10H2. The molecule has 0 spiro atoms. The van der Waals surface area contributed by atoms with E-state index in [4.69, 9.17) is 27.9 Å². The van der Waals surface area contributed by atoms with Gasteiger partial charge < -0.3 is 4.74 Å². The average molecular weight is 327 g/mol. The van der Waals surface area contributed by atoms with Gasteiger partial charge in [-0.3, -0.25) is 0 Å². The second kappa shape index (κ2) is 7.31. The lowest BCUT2D eigenvalue weighted by Crippen LogP contribution is -1.99. The Balaban J connectivity index is 2.16. The average Bonchev–Trinajstić information content (AvgIpc) is 2.46. The van der Waals surface area contributed by atoms with Crippen LogP contribution < -0.4 is 4.74 Å². The van der Waals surface area contributed by atoms with Gasteiger partial charge in [0.2, 0.25) is 0 Å². The van der Waals surface area contributed by atoms with E-state index in [0.29, 0.717) is 11.1 Å². The topological polar surface area (TPSA) is 9.23 Å². The zero-order valence-electron chi connectivity index (χ0n) is 10.8. The molecule has 0 heterocycles. The van der Waals surface area contributed by atoms with Crippen molar-refractivity contribution in [3.8, 4) is 17.6 Å². The number of halogens is 4. The van der Waals surface area contributed by atoms with Crippen molar-refractivity contribution in [2.75, 3.05) is 5.88 Å². The number of alkyl halides is 1. The third-order valence-electron chi connectivity index (χ3n) is 2.60. The Hall–Kier alpha value is -1.76. The lowest BCUT2D eigenvalue weighted by atomic mass is 10.2. The van der Waals surface area contributed by atoms with E-state index in [2.05, 4.69) is 11.8 Å². The van der Waals surface area contributed by atoms with E-state index in [9.17, 15) is 8.78 Å². The molecule has 0 unspecified atom stereocenters. The van der Waals surface area contributed by atoms with Gasteiger partial charge in [0.05, 0.1) is 10.9 Å². The first-order valence-corrected chi connectivity index (χ1v) is 6.92. The number of ether oxygens (including phenoxy) is 1. The molecule has 2 aromatic carbocycles. The molecule has 0 bridgehead atoms. The predicted molar refractivity (Wildman–Crippen MR) is 79.7 cm³/mol. The molecule has 0 aliphatic heterocycles. The van der Waals surface area contributed by atoms with Crippen molar-refractivity contribution in [1.29, 1.82) is 0 Å². The van der Waals surface area contributed by atoms with Crippen molar-refractivity contribution < 1.29 is 13.5 Å². The zero-order chi connectivity index (χ0) is 15.2. The highest BCUT2D eigenvalue weighted by atomic mass is 35.5. The number of hydrogen-bond donors (Lipinski definition) is 0. The van der Waals surface area contributed by atoms with Gasteiger partial charge in [0.15, 0.2) is 0 Å². The summed E-state index contributed by atoms with van der Waals surface area (Å²) in [6.45, 7) is -0.0573. The van der Waals surface area contributed by atoms with Crippen molar-refractivity contribution in [2.24, 2.45) is 0 Å². The van der Waals surface area contributed by atoms with Crippen LogP contribution in [0.15, 0.2) is 36.4 Å². The maximum atomic E-state index is 13.7. The minimum atomic E-state index is -0.544. The second-order valence-corrected chi connectivity index (χ2v) is 4.79. The Bertz CT molecular complexity index is 705. The molecule has 0 aliphatic carbocycles. The Morgan fingerprint density at radius 1 is 1.14 bits per heavy atom. The maximum absolute atomic E-state index is 13.7. The molecule has 2 rings (SSSR count). The summed E-state index contributed by atoms with van der Waals surface area (Å²) in [4.78, 5) is 0. The smallest absolute Gasteiger partial charge is 0.148 e. The number of rotatable bonds is 3. The quantitative estimate of drug-likeness (QED) is 0.582. The van der Waals surface area contributed by atoms with Gasteiger partial charge in [0, 0.05) is 17.2 Å². The van der Waals surface area contributed by atoms with Crippen LogP contribution in [0.3, 0.4) is 0 Å². The summed E-state index contributed by atoms with van der Waals surface area (Å²) in [5, 5.41) is 0.0176. The summed E-state index contributed by atoms with van der Waals surface area (Å²) in [6.07, 6.45) is 0. The predicted octanol–water partition coefficient (Wildman–Crippen LogP) is 4.79. The van der Waals surface area contributed by atoms with Crippen molar-refractivity contribution in [3.05, 3.63) is 64.2 Å². The van der Waals surface area contributed by atoms with E-state index in [-0.39, 0.29) is 23.3 Å². The summed E-state index contributed by atoms with van der Waals surface area (Å²) >= 11 is 11.1. The van der Waals surface area contributed by atoms with Gasteiger partial charge in [-0.2, -0.15) is 0 Å². The molecule has 0 amide bonds. The first-order chi connectivity index (χ1) is 10.1. The zero-order valence-corrected chi connectivity index (χ0v) is 12.3. The fraction of sp³-hybridized carbons (Fsp3) is 0.125. The highest BCUT2D eigenvalue weighted by molar-refractivity contribution is 6.30. The summed E-state index contributed by atoms with van der Waals surface area (Å²) in [7, 11) is 0.